The van der Waals surface area contributed by atoms with Gasteiger partial charge in [-0.25, -0.2) is 0 Å². The molecule has 1 aromatic heterocycles. The molecule has 1 atom stereocenters. The molecule has 0 aliphatic carbocycles. The van der Waals surface area contributed by atoms with Gasteiger partial charge in [-0.15, -0.1) is 12.4 Å². The maximum atomic E-state index is 12.4. The summed E-state index contributed by atoms with van der Waals surface area (Å²) in [4.78, 5) is 12.4. The molecule has 5 nitrogen and oxygen atoms in total. The van der Waals surface area contributed by atoms with Crippen molar-refractivity contribution in [1.82, 2.24) is 20.4 Å². The summed E-state index contributed by atoms with van der Waals surface area (Å²) in [5, 5.41) is 10.8. The number of hydrogen-bond donors (Lipinski definition) is 2. The number of nitrogens with zero attached hydrogens (tertiary/aromatic N) is 2. The highest BCUT2D eigenvalue weighted by Gasteiger charge is 2.38. The third-order valence-corrected chi connectivity index (χ3v) is 4.05. The minimum absolute atomic E-state index is 0. The lowest BCUT2D eigenvalue weighted by Gasteiger charge is -2.26. The molecule has 1 amide bonds. The molecule has 20 heavy (non-hydrogen) atoms. The van der Waals surface area contributed by atoms with Crippen LogP contribution in [0, 0.1) is 0 Å². The SMILES string of the molecule is CCc1nn(C)cc1CNC(=O)C1(CC)CCCN1.Cl. The molecule has 2 N–H and O–H groups in total. The highest BCUT2D eigenvalue weighted by molar-refractivity contribution is 5.86. The van der Waals surface area contributed by atoms with E-state index in [1.165, 1.54) is 0 Å². The molecule has 1 aliphatic rings. The second kappa shape index (κ2) is 7.09. The molecule has 0 spiro atoms. The first-order chi connectivity index (χ1) is 9.11. The van der Waals surface area contributed by atoms with Crippen LogP contribution in [0.5, 0.6) is 0 Å². The molecule has 114 valence electrons. The van der Waals surface area contributed by atoms with Crippen LogP contribution in [0.4, 0.5) is 0 Å². The number of carbonyl (C=O) groups is 1. The van der Waals surface area contributed by atoms with Gasteiger partial charge >= 0.3 is 0 Å². The van der Waals surface area contributed by atoms with Gasteiger partial charge in [-0.1, -0.05) is 13.8 Å². The molecule has 1 aromatic rings. The van der Waals surface area contributed by atoms with Crippen LogP contribution in [0.3, 0.4) is 0 Å². The van der Waals surface area contributed by atoms with Gasteiger partial charge in [-0.2, -0.15) is 5.10 Å². The lowest BCUT2D eigenvalue weighted by molar-refractivity contribution is -0.127. The van der Waals surface area contributed by atoms with E-state index in [4.69, 9.17) is 0 Å². The third kappa shape index (κ3) is 3.33. The molecule has 1 saturated heterocycles. The van der Waals surface area contributed by atoms with Gasteiger partial charge < -0.3 is 10.6 Å². The smallest absolute Gasteiger partial charge is 0.240 e. The van der Waals surface area contributed by atoms with E-state index in [1.54, 1.807) is 0 Å². The van der Waals surface area contributed by atoms with Crippen molar-refractivity contribution in [3.05, 3.63) is 17.5 Å². The minimum Gasteiger partial charge on any atom is -0.350 e. The predicted octanol–water partition coefficient (Wildman–Crippen LogP) is 1.55. The zero-order valence-corrected chi connectivity index (χ0v) is 13.3. The zero-order valence-electron chi connectivity index (χ0n) is 12.5. The molecule has 0 bridgehead atoms. The Hall–Kier alpha value is -1.07. The maximum absolute atomic E-state index is 12.4. The molecule has 2 rings (SSSR count). The van der Waals surface area contributed by atoms with E-state index >= 15 is 0 Å². The zero-order chi connectivity index (χ0) is 13.9. The fourth-order valence-electron chi connectivity index (χ4n) is 2.84. The van der Waals surface area contributed by atoms with Gasteiger partial charge in [-0.05, 0) is 32.2 Å². The number of aromatic nitrogens is 2. The summed E-state index contributed by atoms with van der Waals surface area (Å²) >= 11 is 0. The van der Waals surface area contributed by atoms with Crippen molar-refractivity contribution in [3.63, 3.8) is 0 Å². The van der Waals surface area contributed by atoms with Crippen LogP contribution in [-0.2, 0) is 24.8 Å². The lowest BCUT2D eigenvalue weighted by Crippen LogP contribution is -2.52. The van der Waals surface area contributed by atoms with Crippen molar-refractivity contribution in [2.24, 2.45) is 7.05 Å². The molecule has 6 heteroatoms. The quantitative estimate of drug-likeness (QED) is 0.867. The molecule has 1 unspecified atom stereocenters. The Morgan fingerprint density at radius 1 is 1.55 bits per heavy atom. The van der Waals surface area contributed by atoms with E-state index < -0.39 is 0 Å². The first kappa shape index (κ1) is 17.0. The summed E-state index contributed by atoms with van der Waals surface area (Å²) in [6.07, 6.45) is 5.73. The van der Waals surface area contributed by atoms with Crippen molar-refractivity contribution in [3.8, 4) is 0 Å². The van der Waals surface area contributed by atoms with Gasteiger partial charge in [0.05, 0.1) is 11.2 Å². The molecule has 0 aromatic carbocycles. The number of hydrogen-bond acceptors (Lipinski definition) is 3. The standard InChI is InChI=1S/C14H24N4O.ClH/c1-4-12-11(10-18(3)17-12)9-15-13(19)14(5-2)7-6-8-16-14;/h10,16H,4-9H2,1-3H3,(H,15,19);1H. The largest absolute Gasteiger partial charge is 0.350 e. The molecule has 2 heterocycles. The second-order valence-corrected chi connectivity index (χ2v) is 5.28. The summed E-state index contributed by atoms with van der Waals surface area (Å²) in [6.45, 7) is 5.66. The highest BCUT2D eigenvalue weighted by Crippen LogP contribution is 2.23. The fraction of sp³-hybridized carbons (Fsp3) is 0.714. The monoisotopic (exact) mass is 300 g/mol. The van der Waals surface area contributed by atoms with Crippen LogP contribution in [0.2, 0.25) is 0 Å². The molecule has 1 aliphatic heterocycles. The fourth-order valence-corrected chi connectivity index (χ4v) is 2.84. The summed E-state index contributed by atoms with van der Waals surface area (Å²) in [6, 6.07) is 0. The van der Waals surface area contributed by atoms with E-state index in [0.717, 1.165) is 43.5 Å². The predicted molar refractivity (Wildman–Crippen MR) is 81.9 cm³/mol. The Balaban J connectivity index is 0.00000200. The Morgan fingerprint density at radius 2 is 2.30 bits per heavy atom. The molecular formula is C14H25ClN4O. The third-order valence-electron chi connectivity index (χ3n) is 4.05. The second-order valence-electron chi connectivity index (χ2n) is 5.28. The summed E-state index contributed by atoms with van der Waals surface area (Å²) in [7, 11) is 1.91. The van der Waals surface area contributed by atoms with E-state index in [0.29, 0.717) is 6.54 Å². The maximum Gasteiger partial charge on any atom is 0.240 e. The number of halogens is 1. The van der Waals surface area contributed by atoms with Crippen LogP contribution in [-0.4, -0.2) is 27.8 Å². The Kier molecular flexibility index (Phi) is 6.02. The topological polar surface area (TPSA) is 59.0 Å². The van der Waals surface area contributed by atoms with E-state index in [-0.39, 0.29) is 23.9 Å². The van der Waals surface area contributed by atoms with Gasteiger partial charge in [0.15, 0.2) is 0 Å². The van der Waals surface area contributed by atoms with Crippen LogP contribution in [0.15, 0.2) is 6.20 Å². The van der Waals surface area contributed by atoms with Gasteiger partial charge in [0.25, 0.3) is 0 Å². The van der Waals surface area contributed by atoms with Gasteiger partial charge in [0.2, 0.25) is 5.91 Å². The first-order valence-electron chi connectivity index (χ1n) is 7.16. The molecular weight excluding hydrogens is 276 g/mol. The normalized spacial score (nSPS) is 21.6. The number of amides is 1. The molecule has 1 fully saturated rings. The number of carbonyl (C=O) groups excluding carboxylic acids is 1. The van der Waals surface area contributed by atoms with Crippen molar-refractivity contribution in [2.75, 3.05) is 6.54 Å². The Morgan fingerprint density at radius 3 is 2.85 bits per heavy atom. The summed E-state index contributed by atoms with van der Waals surface area (Å²) < 4.78 is 1.81. The number of aryl methyl sites for hydroxylation is 2. The van der Waals surface area contributed by atoms with Crippen LogP contribution in [0.25, 0.3) is 0 Å². The number of rotatable bonds is 5. The van der Waals surface area contributed by atoms with Crippen molar-refractivity contribution in [2.45, 2.75) is 51.6 Å². The van der Waals surface area contributed by atoms with E-state index in [1.807, 2.05) is 17.9 Å². The van der Waals surface area contributed by atoms with Gasteiger partial charge in [-0.3, -0.25) is 9.48 Å². The average molecular weight is 301 g/mol. The summed E-state index contributed by atoms with van der Waals surface area (Å²) in [5.74, 6) is 0.124. The van der Waals surface area contributed by atoms with Crippen molar-refractivity contribution >= 4 is 18.3 Å². The Labute approximate surface area is 126 Å². The van der Waals surface area contributed by atoms with Crippen LogP contribution in [0.1, 0.15) is 44.4 Å². The average Bonchev–Trinajstić information content (AvgIpc) is 3.02. The van der Waals surface area contributed by atoms with Crippen molar-refractivity contribution in [1.29, 1.82) is 0 Å². The van der Waals surface area contributed by atoms with Crippen LogP contribution >= 0.6 is 12.4 Å². The lowest BCUT2D eigenvalue weighted by atomic mass is 9.93. The first-order valence-corrected chi connectivity index (χ1v) is 7.16. The molecule has 0 saturated carbocycles. The van der Waals surface area contributed by atoms with Gasteiger partial charge in [0, 0.05) is 25.4 Å². The van der Waals surface area contributed by atoms with Gasteiger partial charge in [0.1, 0.15) is 0 Å². The van der Waals surface area contributed by atoms with Crippen LogP contribution < -0.4 is 10.6 Å². The minimum atomic E-state index is -0.353. The molecule has 0 radical (unpaired) electrons. The van der Waals surface area contributed by atoms with Crippen molar-refractivity contribution < 1.29 is 4.79 Å². The number of nitrogens with one attached hydrogen (secondary N) is 2. The van der Waals surface area contributed by atoms with E-state index in [2.05, 4.69) is 29.6 Å². The summed E-state index contributed by atoms with van der Waals surface area (Å²) in [5.41, 5.74) is 1.82. The Bertz CT molecular complexity index is 452. The van der Waals surface area contributed by atoms with E-state index in [9.17, 15) is 4.79 Å². The highest BCUT2D eigenvalue weighted by atomic mass is 35.5.